The number of likely N-dealkylation sites (N-methyl/N-ethyl adjacent to an activating group) is 1. The normalized spacial score (nSPS) is 10.9. The van der Waals surface area contributed by atoms with Gasteiger partial charge in [0.05, 0.1) is 22.9 Å². The lowest BCUT2D eigenvalue weighted by atomic mass is 10.0. The molecule has 2 aromatic carbocycles. The SMILES string of the molecule is CN(C(=O)Cc1ccc(-c2cc(F)ccc2F)cc1)c1nc(CO)c(S)s1. The third-order valence-corrected chi connectivity index (χ3v) is 5.53. The summed E-state index contributed by atoms with van der Waals surface area (Å²) < 4.78 is 27.8. The van der Waals surface area contributed by atoms with Gasteiger partial charge in [0.2, 0.25) is 5.91 Å². The minimum absolute atomic E-state index is 0.123. The van der Waals surface area contributed by atoms with E-state index in [-0.39, 0.29) is 24.5 Å². The maximum absolute atomic E-state index is 13.9. The Labute approximate surface area is 164 Å². The zero-order valence-electron chi connectivity index (χ0n) is 14.3. The summed E-state index contributed by atoms with van der Waals surface area (Å²) in [7, 11) is 1.60. The van der Waals surface area contributed by atoms with Crippen LogP contribution < -0.4 is 4.90 Å². The second-order valence-electron chi connectivity index (χ2n) is 5.86. The first-order chi connectivity index (χ1) is 12.9. The average molecular weight is 406 g/mol. The molecule has 1 N–H and O–H groups in total. The Morgan fingerprint density at radius 3 is 2.56 bits per heavy atom. The molecule has 4 nitrogen and oxygen atoms in total. The third kappa shape index (κ3) is 4.35. The molecule has 0 fully saturated rings. The number of carbonyl (C=O) groups is 1. The number of thiazole rings is 1. The molecule has 8 heteroatoms. The van der Waals surface area contributed by atoms with Crippen molar-refractivity contribution in [3.63, 3.8) is 0 Å². The Kier molecular flexibility index (Phi) is 5.88. The van der Waals surface area contributed by atoms with E-state index in [2.05, 4.69) is 17.6 Å². The fourth-order valence-corrected chi connectivity index (χ4v) is 3.66. The lowest BCUT2D eigenvalue weighted by Gasteiger charge is -2.14. The van der Waals surface area contributed by atoms with Crippen LogP contribution in [0.2, 0.25) is 0 Å². The van der Waals surface area contributed by atoms with Crippen molar-refractivity contribution in [2.75, 3.05) is 11.9 Å². The standard InChI is InChI=1S/C19H16F2N2O2S2/c1-23(19-22-16(10-24)18(26)27-19)17(25)8-11-2-4-12(5-3-11)14-9-13(20)6-7-15(14)21/h2-7,9,24,26H,8,10H2,1H3. The molecule has 1 heterocycles. The fourth-order valence-electron chi connectivity index (χ4n) is 2.50. The van der Waals surface area contributed by atoms with Crippen LogP contribution in [0.25, 0.3) is 11.1 Å². The number of carbonyl (C=O) groups excluding carboxylic acids is 1. The van der Waals surface area contributed by atoms with Gasteiger partial charge in [0.25, 0.3) is 0 Å². The van der Waals surface area contributed by atoms with Crippen LogP contribution in [0.3, 0.4) is 0 Å². The van der Waals surface area contributed by atoms with Crippen LogP contribution >= 0.6 is 24.0 Å². The summed E-state index contributed by atoms with van der Waals surface area (Å²) in [5.74, 6) is -1.21. The van der Waals surface area contributed by atoms with Gasteiger partial charge in [0.15, 0.2) is 5.13 Å². The topological polar surface area (TPSA) is 53.4 Å². The van der Waals surface area contributed by atoms with Crippen molar-refractivity contribution in [3.8, 4) is 11.1 Å². The van der Waals surface area contributed by atoms with Crippen LogP contribution in [-0.2, 0) is 17.8 Å². The number of amides is 1. The summed E-state index contributed by atoms with van der Waals surface area (Å²) in [4.78, 5) is 18.1. The summed E-state index contributed by atoms with van der Waals surface area (Å²) in [5.41, 5.74) is 1.87. The van der Waals surface area contributed by atoms with E-state index in [0.29, 0.717) is 20.6 Å². The van der Waals surface area contributed by atoms with Crippen molar-refractivity contribution >= 4 is 35.0 Å². The number of nitrogens with zero attached hydrogens (tertiary/aromatic N) is 2. The summed E-state index contributed by atoms with van der Waals surface area (Å²) in [5, 5.41) is 9.64. The molecule has 0 unspecified atom stereocenters. The molecule has 0 saturated heterocycles. The predicted molar refractivity (Wildman–Crippen MR) is 104 cm³/mol. The van der Waals surface area contributed by atoms with Crippen molar-refractivity contribution in [3.05, 3.63) is 65.4 Å². The van der Waals surface area contributed by atoms with E-state index in [1.807, 2.05) is 0 Å². The van der Waals surface area contributed by atoms with Crippen molar-refractivity contribution in [2.24, 2.45) is 0 Å². The van der Waals surface area contributed by atoms with Gasteiger partial charge in [0.1, 0.15) is 11.6 Å². The van der Waals surface area contributed by atoms with Crippen LogP contribution in [0, 0.1) is 11.6 Å². The predicted octanol–water partition coefficient (Wildman–Crippen LogP) is 4.07. The van der Waals surface area contributed by atoms with Crippen LogP contribution in [0.4, 0.5) is 13.9 Å². The van der Waals surface area contributed by atoms with Crippen molar-refractivity contribution in [1.82, 2.24) is 4.98 Å². The van der Waals surface area contributed by atoms with Crippen molar-refractivity contribution in [2.45, 2.75) is 17.2 Å². The highest BCUT2D eigenvalue weighted by atomic mass is 32.2. The number of anilines is 1. The van der Waals surface area contributed by atoms with E-state index in [1.54, 1.807) is 31.3 Å². The molecule has 3 rings (SSSR count). The molecule has 0 atom stereocenters. The van der Waals surface area contributed by atoms with E-state index in [9.17, 15) is 18.7 Å². The highest BCUT2D eigenvalue weighted by Crippen LogP contribution is 2.29. The molecule has 0 aliphatic heterocycles. The smallest absolute Gasteiger partial charge is 0.232 e. The van der Waals surface area contributed by atoms with Gasteiger partial charge in [-0.05, 0) is 29.3 Å². The van der Waals surface area contributed by atoms with Crippen molar-refractivity contribution < 1.29 is 18.7 Å². The van der Waals surface area contributed by atoms with Gasteiger partial charge < -0.3 is 5.11 Å². The molecule has 3 aromatic rings. The Morgan fingerprint density at radius 1 is 1.22 bits per heavy atom. The van der Waals surface area contributed by atoms with E-state index >= 15 is 0 Å². The average Bonchev–Trinajstić information content (AvgIpc) is 3.04. The summed E-state index contributed by atoms with van der Waals surface area (Å²) in [6, 6.07) is 10.0. The van der Waals surface area contributed by atoms with Gasteiger partial charge in [-0.2, -0.15) is 0 Å². The second-order valence-corrected chi connectivity index (χ2v) is 7.58. The monoisotopic (exact) mass is 406 g/mol. The largest absolute Gasteiger partial charge is 0.390 e. The number of benzene rings is 2. The third-order valence-electron chi connectivity index (χ3n) is 4.02. The van der Waals surface area contributed by atoms with Gasteiger partial charge in [-0.15, -0.1) is 12.6 Å². The maximum atomic E-state index is 13.9. The zero-order valence-corrected chi connectivity index (χ0v) is 16.0. The van der Waals surface area contributed by atoms with E-state index in [4.69, 9.17) is 0 Å². The molecule has 0 saturated carbocycles. The van der Waals surface area contributed by atoms with Gasteiger partial charge >= 0.3 is 0 Å². The Morgan fingerprint density at radius 2 is 1.93 bits per heavy atom. The number of aromatic nitrogens is 1. The number of halogens is 2. The molecule has 0 aliphatic rings. The number of hydrogen-bond donors (Lipinski definition) is 2. The van der Waals surface area contributed by atoms with Crippen LogP contribution in [-0.4, -0.2) is 23.0 Å². The van der Waals surface area contributed by atoms with E-state index in [0.717, 1.165) is 23.8 Å². The zero-order chi connectivity index (χ0) is 19.6. The molecule has 0 radical (unpaired) electrons. The Balaban J connectivity index is 1.74. The molecule has 0 aliphatic carbocycles. The number of thiol groups is 1. The molecule has 27 heavy (non-hydrogen) atoms. The molecule has 140 valence electrons. The van der Waals surface area contributed by atoms with Gasteiger partial charge in [-0.1, -0.05) is 35.6 Å². The minimum Gasteiger partial charge on any atom is -0.390 e. The first kappa shape index (κ1) is 19.5. The Bertz CT molecular complexity index is 974. The minimum atomic E-state index is -0.512. The van der Waals surface area contributed by atoms with E-state index < -0.39 is 11.6 Å². The number of aliphatic hydroxyl groups is 1. The van der Waals surface area contributed by atoms with Crippen LogP contribution in [0.1, 0.15) is 11.3 Å². The maximum Gasteiger partial charge on any atom is 0.232 e. The first-order valence-electron chi connectivity index (χ1n) is 7.99. The summed E-state index contributed by atoms with van der Waals surface area (Å²) in [6.07, 6.45) is 0.123. The number of rotatable bonds is 5. The highest BCUT2D eigenvalue weighted by Gasteiger charge is 2.17. The number of aliphatic hydroxyl groups excluding tert-OH is 1. The van der Waals surface area contributed by atoms with Crippen molar-refractivity contribution in [1.29, 1.82) is 0 Å². The summed E-state index contributed by atoms with van der Waals surface area (Å²) in [6.45, 7) is -0.241. The number of hydrogen-bond acceptors (Lipinski definition) is 5. The van der Waals surface area contributed by atoms with Crippen LogP contribution in [0.15, 0.2) is 46.7 Å². The first-order valence-corrected chi connectivity index (χ1v) is 9.26. The molecule has 1 amide bonds. The van der Waals surface area contributed by atoms with Gasteiger partial charge in [-0.25, -0.2) is 13.8 Å². The molecule has 1 aromatic heterocycles. The molecular weight excluding hydrogens is 390 g/mol. The fraction of sp³-hybridized carbons (Fsp3) is 0.158. The lowest BCUT2D eigenvalue weighted by Crippen LogP contribution is -2.27. The highest BCUT2D eigenvalue weighted by molar-refractivity contribution is 7.83. The van der Waals surface area contributed by atoms with E-state index in [1.165, 1.54) is 16.2 Å². The van der Waals surface area contributed by atoms with Gasteiger partial charge in [-0.3, -0.25) is 9.69 Å². The molecule has 0 spiro atoms. The summed E-state index contributed by atoms with van der Waals surface area (Å²) >= 11 is 5.43. The quantitative estimate of drug-likeness (QED) is 0.628. The Hall–Kier alpha value is -2.29. The lowest BCUT2D eigenvalue weighted by molar-refractivity contribution is -0.117. The molecule has 0 bridgehead atoms. The second kappa shape index (κ2) is 8.16. The van der Waals surface area contributed by atoms with Crippen LogP contribution in [0.5, 0.6) is 0 Å². The molecular formula is C19H16F2N2O2S2. The van der Waals surface area contributed by atoms with Gasteiger partial charge in [0, 0.05) is 12.6 Å².